The number of halogens is 2. The third kappa shape index (κ3) is 3.30. The van der Waals surface area contributed by atoms with Gasteiger partial charge in [0.2, 0.25) is 6.79 Å². The van der Waals surface area contributed by atoms with Gasteiger partial charge in [0.05, 0.1) is 4.47 Å². The Labute approximate surface area is 133 Å². The average Bonchev–Trinajstić information content (AvgIpc) is 2.94. The molecule has 0 atom stereocenters. The summed E-state index contributed by atoms with van der Waals surface area (Å²) in [6.45, 7) is -0.160. The lowest BCUT2D eigenvalue weighted by Crippen LogP contribution is -2.17. The molecule has 1 aliphatic rings. The fourth-order valence-electron chi connectivity index (χ4n) is 1.83. The molecule has 0 saturated carbocycles. The fourth-order valence-corrected chi connectivity index (χ4v) is 2.30. The van der Waals surface area contributed by atoms with Crippen LogP contribution in [-0.2, 0) is 4.79 Å². The van der Waals surface area contributed by atoms with E-state index in [0.29, 0.717) is 27.5 Å². The average molecular weight is 369 g/mol. The second-order valence-electron chi connectivity index (χ2n) is 4.35. The predicted octanol–water partition coefficient (Wildman–Crippen LogP) is 3.30. The monoisotopic (exact) mass is 368 g/mol. The van der Waals surface area contributed by atoms with Gasteiger partial charge in [-0.15, -0.1) is 0 Å². The summed E-state index contributed by atoms with van der Waals surface area (Å²) < 4.78 is 34.1. The molecule has 0 radical (unpaired) electrons. The fraction of sp³-hybridized carbons (Fsp3) is 0.133. The largest absolute Gasteiger partial charge is 0.481 e. The molecule has 7 heteroatoms. The van der Waals surface area contributed by atoms with Crippen molar-refractivity contribution in [3.05, 3.63) is 46.7 Å². The molecular formula is C15H10BrFO5. The molecule has 0 N–H and O–H groups in total. The van der Waals surface area contributed by atoms with Crippen LogP contribution < -0.4 is 18.9 Å². The summed E-state index contributed by atoms with van der Waals surface area (Å²) in [5.74, 6) is 0.816. The van der Waals surface area contributed by atoms with Crippen LogP contribution in [0.4, 0.5) is 4.39 Å². The molecule has 0 unspecified atom stereocenters. The first-order chi connectivity index (χ1) is 10.6. The van der Waals surface area contributed by atoms with Crippen molar-refractivity contribution < 1.29 is 28.1 Å². The maximum atomic E-state index is 12.9. The van der Waals surface area contributed by atoms with Crippen LogP contribution in [0.1, 0.15) is 0 Å². The zero-order valence-corrected chi connectivity index (χ0v) is 12.8. The highest BCUT2D eigenvalue weighted by molar-refractivity contribution is 9.10. The van der Waals surface area contributed by atoms with Gasteiger partial charge in [0.1, 0.15) is 17.3 Å². The van der Waals surface area contributed by atoms with Crippen molar-refractivity contribution in [1.29, 1.82) is 0 Å². The maximum Gasteiger partial charge on any atom is 0.349 e. The number of carbonyl (C=O) groups is 1. The van der Waals surface area contributed by atoms with Crippen molar-refractivity contribution in [1.82, 2.24) is 0 Å². The van der Waals surface area contributed by atoms with Gasteiger partial charge in [-0.05, 0) is 46.3 Å². The Bertz CT molecular complexity index is 719. The lowest BCUT2D eigenvalue weighted by molar-refractivity contribution is -0.136. The lowest BCUT2D eigenvalue weighted by Gasteiger charge is -2.08. The number of fused-ring (bicyclic) bond motifs is 1. The Morgan fingerprint density at radius 1 is 1.18 bits per heavy atom. The molecule has 1 heterocycles. The summed E-state index contributed by atoms with van der Waals surface area (Å²) in [6, 6.07) is 8.73. The Kier molecular flexibility index (Phi) is 4.15. The third-order valence-electron chi connectivity index (χ3n) is 2.82. The van der Waals surface area contributed by atoms with Crippen LogP contribution >= 0.6 is 15.9 Å². The molecule has 0 fully saturated rings. The minimum atomic E-state index is -0.588. The van der Waals surface area contributed by atoms with Crippen LogP contribution in [0.15, 0.2) is 40.9 Å². The third-order valence-corrected chi connectivity index (χ3v) is 3.43. The van der Waals surface area contributed by atoms with E-state index in [0.717, 1.165) is 0 Å². The van der Waals surface area contributed by atoms with E-state index in [1.165, 1.54) is 18.2 Å². The number of rotatable bonds is 4. The quantitative estimate of drug-likeness (QED) is 0.612. The molecule has 0 saturated heterocycles. The minimum Gasteiger partial charge on any atom is -0.481 e. The van der Waals surface area contributed by atoms with E-state index in [4.69, 9.17) is 18.9 Å². The van der Waals surface area contributed by atoms with Gasteiger partial charge in [-0.2, -0.15) is 0 Å². The first kappa shape index (κ1) is 14.6. The highest BCUT2D eigenvalue weighted by atomic mass is 79.9. The Morgan fingerprint density at radius 3 is 2.82 bits per heavy atom. The van der Waals surface area contributed by atoms with Gasteiger partial charge in [-0.1, -0.05) is 0 Å². The van der Waals surface area contributed by atoms with E-state index in [1.807, 2.05) is 0 Å². The topological polar surface area (TPSA) is 54.0 Å². The summed E-state index contributed by atoms with van der Waals surface area (Å²) in [5, 5.41) is 0. The molecule has 0 spiro atoms. The van der Waals surface area contributed by atoms with Crippen molar-refractivity contribution in [3.8, 4) is 23.0 Å². The Balaban J connectivity index is 1.58. The number of ether oxygens (including phenoxy) is 4. The van der Waals surface area contributed by atoms with Crippen molar-refractivity contribution in [2.45, 2.75) is 0 Å². The molecular weight excluding hydrogens is 359 g/mol. The van der Waals surface area contributed by atoms with E-state index < -0.39 is 11.8 Å². The number of benzene rings is 2. The molecule has 1 aliphatic heterocycles. The summed E-state index contributed by atoms with van der Waals surface area (Å²) >= 11 is 3.15. The SMILES string of the molecule is O=C(COc1ccc(F)cc1Br)Oc1ccc2c(c1)OCO2. The van der Waals surface area contributed by atoms with Crippen LogP contribution in [0.5, 0.6) is 23.0 Å². The molecule has 0 aromatic heterocycles. The molecule has 0 bridgehead atoms. The van der Waals surface area contributed by atoms with Gasteiger partial charge in [-0.3, -0.25) is 0 Å². The van der Waals surface area contributed by atoms with Crippen molar-refractivity contribution in [2.75, 3.05) is 13.4 Å². The summed E-state index contributed by atoms with van der Waals surface area (Å²) in [4.78, 5) is 11.8. The smallest absolute Gasteiger partial charge is 0.349 e. The van der Waals surface area contributed by atoms with E-state index in [2.05, 4.69) is 15.9 Å². The molecule has 3 rings (SSSR count). The normalized spacial score (nSPS) is 12.1. The zero-order valence-electron chi connectivity index (χ0n) is 11.2. The Hall–Kier alpha value is -2.28. The molecule has 5 nitrogen and oxygen atoms in total. The van der Waals surface area contributed by atoms with Crippen LogP contribution in [0.2, 0.25) is 0 Å². The zero-order chi connectivity index (χ0) is 15.5. The number of hydrogen-bond donors (Lipinski definition) is 0. The molecule has 22 heavy (non-hydrogen) atoms. The number of carbonyl (C=O) groups excluding carboxylic acids is 1. The minimum absolute atomic E-state index is 0.147. The summed E-state index contributed by atoms with van der Waals surface area (Å²) in [5.41, 5.74) is 0. The van der Waals surface area contributed by atoms with E-state index >= 15 is 0 Å². The molecule has 2 aromatic rings. The van der Waals surface area contributed by atoms with Crippen LogP contribution in [0.3, 0.4) is 0 Å². The van der Waals surface area contributed by atoms with Crippen LogP contribution in [0.25, 0.3) is 0 Å². The van der Waals surface area contributed by atoms with Gasteiger partial charge in [0.15, 0.2) is 18.1 Å². The van der Waals surface area contributed by atoms with Crippen LogP contribution in [0, 0.1) is 5.82 Å². The summed E-state index contributed by atoms with van der Waals surface area (Å²) in [7, 11) is 0. The van der Waals surface area contributed by atoms with Crippen molar-refractivity contribution >= 4 is 21.9 Å². The highest BCUT2D eigenvalue weighted by Gasteiger charge is 2.15. The standard InChI is InChI=1S/C15H10BrFO5/c16-11-5-9(17)1-3-12(11)19-7-15(18)22-10-2-4-13-14(6-10)21-8-20-13/h1-6H,7-8H2. The summed E-state index contributed by atoms with van der Waals surface area (Å²) in [6.07, 6.45) is 0. The second-order valence-corrected chi connectivity index (χ2v) is 5.21. The Morgan fingerprint density at radius 2 is 2.00 bits per heavy atom. The molecule has 0 amide bonds. The first-order valence-corrected chi connectivity index (χ1v) is 7.09. The van der Waals surface area contributed by atoms with Gasteiger partial charge >= 0.3 is 5.97 Å². The molecule has 0 aliphatic carbocycles. The van der Waals surface area contributed by atoms with Gasteiger partial charge < -0.3 is 18.9 Å². The van der Waals surface area contributed by atoms with Crippen LogP contribution in [-0.4, -0.2) is 19.4 Å². The predicted molar refractivity (Wildman–Crippen MR) is 77.8 cm³/mol. The van der Waals surface area contributed by atoms with E-state index in [9.17, 15) is 9.18 Å². The lowest BCUT2D eigenvalue weighted by atomic mass is 10.3. The first-order valence-electron chi connectivity index (χ1n) is 6.30. The molecule has 114 valence electrons. The van der Waals surface area contributed by atoms with Gasteiger partial charge in [-0.25, -0.2) is 9.18 Å². The number of esters is 1. The second kappa shape index (κ2) is 6.23. The van der Waals surface area contributed by atoms with E-state index in [1.54, 1.807) is 18.2 Å². The van der Waals surface area contributed by atoms with Crippen molar-refractivity contribution in [3.63, 3.8) is 0 Å². The molecule has 2 aromatic carbocycles. The van der Waals surface area contributed by atoms with Crippen molar-refractivity contribution in [2.24, 2.45) is 0 Å². The number of hydrogen-bond acceptors (Lipinski definition) is 5. The van der Waals surface area contributed by atoms with Gasteiger partial charge in [0.25, 0.3) is 0 Å². The maximum absolute atomic E-state index is 12.9. The van der Waals surface area contributed by atoms with Gasteiger partial charge in [0, 0.05) is 6.07 Å². The van der Waals surface area contributed by atoms with E-state index in [-0.39, 0.29) is 13.4 Å². The highest BCUT2D eigenvalue weighted by Crippen LogP contribution is 2.35.